The molecule has 4 rings (SSSR count). The molecule has 0 unspecified atom stereocenters. The zero-order chi connectivity index (χ0) is 31.1. The molecule has 0 spiro atoms. The second kappa shape index (κ2) is 13.2. The van der Waals surface area contributed by atoms with Gasteiger partial charge in [-0.25, -0.2) is 9.59 Å². The Morgan fingerprint density at radius 3 is 1.21 bits per heavy atom. The summed E-state index contributed by atoms with van der Waals surface area (Å²) < 4.78 is 21.8. The van der Waals surface area contributed by atoms with Gasteiger partial charge in [0.2, 0.25) is 5.78 Å². The Balaban J connectivity index is 1.49. The molecule has 7 heteroatoms. The molecule has 0 aliphatic heterocycles. The van der Waals surface area contributed by atoms with Crippen LogP contribution in [0.5, 0.6) is 11.5 Å². The van der Waals surface area contributed by atoms with Gasteiger partial charge in [0, 0.05) is 36.5 Å². The van der Waals surface area contributed by atoms with E-state index in [-0.39, 0.29) is 11.4 Å². The van der Waals surface area contributed by atoms with Crippen molar-refractivity contribution >= 4 is 17.7 Å². The van der Waals surface area contributed by atoms with E-state index in [2.05, 4.69) is 13.2 Å². The van der Waals surface area contributed by atoms with Crippen LogP contribution in [0.2, 0.25) is 0 Å². The lowest BCUT2D eigenvalue weighted by atomic mass is 9.94. The highest BCUT2D eigenvalue weighted by molar-refractivity contribution is 6.02. The van der Waals surface area contributed by atoms with Crippen molar-refractivity contribution < 1.29 is 33.3 Å². The van der Waals surface area contributed by atoms with Crippen molar-refractivity contribution in [1.82, 2.24) is 0 Å². The maximum absolute atomic E-state index is 13.7. The number of esters is 2. The topological polar surface area (TPSA) is 88.1 Å². The molecule has 0 heterocycles. The van der Waals surface area contributed by atoms with Crippen LogP contribution in [0.15, 0.2) is 121 Å². The summed E-state index contributed by atoms with van der Waals surface area (Å²) in [7, 11) is 2.79. The molecule has 0 aromatic heterocycles. The predicted octanol–water partition coefficient (Wildman–Crippen LogP) is 7.31. The smallest absolute Gasteiger partial charge is 0.338 e. The molecule has 0 N–H and O–H groups in total. The molecule has 4 aromatic carbocycles. The lowest BCUT2D eigenvalue weighted by Crippen LogP contribution is -2.40. The van der Waals surface area contributed by atoms with Crippen LogP contribution in [0.4, 0.5) is 0 Å². The third-order valence-corrected chi connectivity index (χ3v) is 6.78. The summed E-state index contributed by atoms with van der Waals surface area (Å²) in [6, 6.07) is 28.8. The molecule has 0 bridgehead atoms. The van der Waals surface area contributed by atoms with Gasteiger partial charge in [0.1, 0.15) is 11.5 Å². The molecule has 0 radical (unpaired) electrons. The fourth-order valence-corrected chi connectivity index (χ4v) is 4.34. The molecular weight excluding hydrogens is 544 g/mol. The zero-order valence-corrected chi connectivity index (χ0v) is 24.5. The third kappa shape index (κ3) is 6.86. The molecule has 0 atom stereocenters. The average Bonchev–Trinajstić information content (AvgIpc) is 3.03. The summed E-state index contributed by atoms with van der Waals surface area (Å²) in [5.74, 6) is -2.32. The van der Waals surface area contributed by atoms with Gasteiger partial charge in [0.15, 0.2) is 0 Å². The Labute approximate surface area is 251 Å². The quantitative estimate of drug-likeness (QED) is 0.0608. The summed E-state index contributed by atoms with van der Waals surface area (Å²) in [4.78, 5) is 37.2. The molecular formula is C36H32O7. The van der Waals surface area contributed by atoms with Crippen molar-refractivity contribution in [2.75, 3.05) is 14.2 Å². The summed E-state index contributed by atoms with van der Waals surface area (Å²) >= 11 is 0. The number of hydrogen-bond acceptors (Lipinski definition) is 7. The molecule has 4 aromatic rings. The Bertz CT molecular complexity index is 1640. The first-order chi connectivity index (χ1) is 20.6. The van der Waals surface area contributed by atoms with Crippen molar-refractivity contribution in [3.63, 3.8) is 0 Å². The predicted molar refractivity (Wildman–Crippen MR) is 165 cm³/mol. The molecule has 0 aliphatic carbocycles. The van der Waals surface area contributed by atoms with Gasteiger partial charge in [-0.15, -0.1) is 0 Å². The number of carbonyl (C=O) groups excluding carboxylic acids is 3. The first-order valence-corrected chi connectivity index (χ1v) is 13.4. The van der Waals surface area contributed by atoms with Gasteiger partial charge in [-0.05, 0) is 72.5 Å². The maximum atomic E-state index is 13.7. The standard InChI is InChI=1S/C36H32O7/c1-23(2)34(38)42-31-19-15-28(16-20-31)26-9-7-25(8-10-26)27-11-13-29(14-12-27)33(37)36(40-5,41-6)30-17-21-32(22-18-30)43-35(39)24(3)4/h7-22H,1,3H2,2,4-6H3. The van der Waals surface area contributed by atoms with E-state index in [0.717, 1.165) is 22.3 Å². The van der Waals surface area contributed by atoms with Gasteiger partial charge in [0.25, 0.3) is 5.79 Å². The van der Waals surface area contributed by atoms with E-state index in [1.807, 2.05) is 48.5 Å². The molecule has 218 valence electrons. The number of Topliss-reactive ketones (excluding diaryl/α,β-unsaturated/α-hetero) is 1. The molecule has 0 saturated carbocycles. The fourth-order valence-electron chi connectivity index (χ4n) is 4.34. The van der Waals surface area contributed by atoms with Crippen LogP contribution < -0.4 is 9.47 Å². The molecule has 0 fully saturated rings. The number of ether oxygens (including phenoxy) is 4. The van der Waals surface area contributed by atoms with E-state index in [1.165, 1.54) is 14.2 Å². The number of carbonyl (C=O) groups is 3. The number of hydrogen-bond donors (Lipinski definition) is 0. The number of benzene rings is 4. The lowest BCUT2D eigenvalue weighted by Gasteiger charge is -2.30. The molecule has 0 amide bonds. The monoisotopic (exact) mass is 576 g/mol. The minimum Gasteiger partial charge on any atom is -0.423 e. The summed E-state index contributed by atoms with van der Waals surface area (Å²) in [5, 5.41) is 0. The fraction of sp³-hybridized carbons (Fsp3) is 0.139. The van der Waals surface area contributed by atoms with Crippen LogP contribution in [-0.2, 0) is 24.8 Å². The van der Waals surface area contributed by atoms with Crippen LogP contribution in [0, 0.1) is 0 Å². The Morgan fingerprint density at radius 2 is 0.860 bits per heavy atom. The first kappa shape index (κ1) is 30.8. The van der Waals surface area contributed by atoms with Crippen LogP contribution in [0.3, 0.4) is 0 Å². The molecule has 0 saturated heterocycles. The van der Waals surface area contributed by atoms with E-state index < -0.39 is 17.7 Å². The van der Waals surface area contributed by atoms with E-state index in [4.69, 9.17) is 18.9 Å². The van der Waals surface area contributed by atoms with Crippen molar-refractivity contribution in [1.29, 1.82) is 0 Å². The van der Waals surface area contributed by atoms with Gasteiger partial charge in [0.05, 0.1) is 0 Å². The van der Waals surface area contributed by atoms with Gasteiger partial charge < -0.3 is 18.9 Å². The first-order valence-electron chi connectivity index (χ1n) is 13.4. The summed E-state index contributed by atoms with van der Waals surface area (Å²) in [6.45, 7) is 10.3. The van der Waals surface area contributed by atoms with Crippen molar-refractivity contribution in [2.24, 2.45) is 0 Å². The second-order valence-electron chi connectivity index (χ2n) is 9.90. The Kier molecular flexibility index (Phi) is 9.50. The van der Waals surface area contributed by atoms with Gasteiger partial charge in [-0.3, -0.25) is 4.79 Å². The van der Waals surface area contributed by atoms with Crippen LogP contribution >= 0.6 is 0 Å². The highest BCUT2D eigenvalue weighted by atomic mass is 16.7. The highest BCUT2D eigenvalue weighted by Gasteiger charge is 2.41. The Morgan fingerprint density at radius 1 is 0.535 bits per heavy atom. The maximum Gasteiger partial charge on any atom is 0.338 e. The minimum absolute atomic E-state index is 0.275. The number of methoxy groups -OCH3 is 2. The second-order valence-corrected chi connectivity index (χ2v) is 9.90. The SMILES string of the molecule is C=C(C)C(=O)Oc1ccc(-c2ccc(-c3ccc(C(=O)C(OC)(OC)c4ccc(OC(=O)C(=C)C)cc4)cc3)cc2)cc1. The Hall–Kier alpha value is -5.11. The van der Waals surface area contributed by atoms with Crippen molar-refractivity contribution in [3.8, 4) is 33.8 Å². The average molecular weight is 577 g/mol. The molecule has 0 aliphatic rings. The van der Waals surface area contributed by atoms with Crippen LogP contribution in [0.25, 0.3) is 22.3 Å². The highest BCUT2D eigenvalue weighted by Crippen LogP contribution is 2.33. The minimum atomic E-state index is -1.70. The van der Waals surface area contributed by atoms with E-state index in [0.29, 0.717) is 28.2 Å². The van der Waals surface area contributed by atoms with Crippen molar-refractivity contribution in [3.05, 3.63) is 132 Å². The largest absolute Gasteiger partial charge is 0.423 e. The summed E-state index contributed by atoms with van der Waals surface area (Å²) in [5.41, 5.74) is 5.32. The normalized spacial score (nSPS) is 11.0. The lowest BCUT2D eigenvalue weighted by molar-refractivity contribution is -0.176. The number of ketones is 1. The third-order valence-electron chi connectivity index (χ3n) is 6.78. The van der Waals surface area contributed by atoms with Gasteiger partial charge in [-0.1, -0.05) is 73.8 Å². The van der Waals surface area contributed by atoms with E-state index >= 15 is 0 Å². The van der Waals surface area contributed by atoms with Gasteiger partial charge >= 0.3 is 11.9 Å². The van der Waals surface area contributed by atoms with Crippen LogP contribution in [0.1, 0.15) is 29.8 Å². The van der Waals surface area contributed by atoms with Crippen molar-refractivity contribution in [2.45, 2.75) is 19.6 Å². The number of rotatable bonds is 11. The molecule has 43 heavy (non-hydrogen) atoms. The van der Waals surface area contributed by atoms with Gasteiger partial charge in [-0.2, -0.15) is 0 Å². The van der Waals surface area contributed by atoms with E-state index in [1.54, 1.807) is 62.4 Å². The zero-order valence-electron chi connectivity index (χ0n) is 24.5. The van der Waals surface area contributed by atoms with Crippen LogP contribution in [-0.4, -0.2) is 31.9 Å². The molecule has 7 nitrogen and oxygen atoms in total. The summed E-state index contributed by atoms with van der Waals surface area (Å²) in [6.07, 6.45) is 0. The van der Waals surface area contributed by atoms with E-state index in [9.17, 15) is 14.4 Å².